The lowest BCUT2D eigenvalue weighted by molar-refractivity contribution is 0.0945. The average Bonchev–Trinajstić information content (AvgIpc) is 2.69. The standard InChI is InChI=1S/C20H21N5O2/c1-14(2)27-17-8-6-15(7-9-17)25-19-13-22-18(12-23-19)20(26)24-11-16-5-3-4-10-21-16/h3-10,12-14H,11H2,1-2H3,(H,23,25)(H,24,26). The van der Waals surface area contributed by atoms with E-state index in [4.69, 9.17) is 4.74 Å². The number of nitrogens with one attached hydrogen (secondary N) is 2. The predicted molar refractivity (Wildman–Crippen MR) is 103 cm³/mol. The van der Waals surface area contributed by atoms with E-state index in [9.17, 15) is 4.79 Å². The number of benzene rings is 1. The maximum Gasteiger partial charge on any atom is 0.271 e. The molecule has 138 valence electrons. The van der Waals surface area contributed by atoms with Crippen LogP contribution in [0, 0.1) is 0 Å². The van der Waals surface area contributed by atoms with Gasteiger partial charge in [0.05, 0.1) is 30.7 Å². The van der Waals surface area contributed by atoms with Crippen LogP contribution in [0.1, 0.15) is 30.0 Å². The highest BCUT2D eigenvalue weighted by molar-refractivity contribution is 5.91. The van der Waals surface area contributed by atoms with Crippen LogP contribution in [0.3, 0.4) is 0 Å². The Morgan fingerprint density at radius 2 is 1.85 bits per heavy atom. The van der Waals surface area contributed by atoms with Crippen molar-refractivity contribution in [3.8, 4) is 5.75 Å². The lowest BCUT2D eigenvalue weighted by Gasteiger charge is -2.11. The van der Waals surface area contributed by atoms with E-state index in [1.807, 2.05) is 56.3 Å². The third kappa shape index (κ3) is 5.50. The first-order chi connectivity index (χ1) is 13.1. The maximum atomic E-state index is 12.1. The number of rotatable bonds is 7. The molecular weight excluding hydrogens is 342 g/mol. The topological polar surface area (TPSA) is 89.0 Å². The summed E-state index contributed by atoms with van der Waals surface area (Å²) >= 11 is 0. The van der Waals surface area contributed by atoms with Gasteiger partial charge < -0.3 is 15.4 Å². The molecule has 0 saturated carbocycles. The molecule has 2 aromatic heterocycles. The Balaban J connectivity index is 1.55. The summed E-state index contributed by atoms with van der Waals surface area (Å²) in [6.07, 6.45) is 4.77. The van der Waals surface area contributed by atoms with E-state index < -0.39 is 0 Å². The van der Waals surface area contributed by atoms with Crippen LogP contribution in [0.25, 0.3) is 0 Å². The van der Waals surface area contributed by atoms with E-state index in [2.05, 4.69) is 25.6 Å². The van der Waals surface area contributed by atoms with Gasteiger partial charge in [0, 0.05) is 11.9 Å². The molecule has 0 atom stereocenters. The highest BCUT2D eigenvalue weighted by Gasteiger charge is 2.08. The second-order valence-corrected chi connectivity index (χ2v) is 6.11. The monoisotopic (exact) mass is 363 g/mol. The molecule has 2 N–H and O–H groups in total. The lowest BCUT2D eigenvalue weighted by Crippen LogP contribution is -2.24. The third-order valence-electron chi connectivity index (χ3n) is 3.54. The van der Waals surface area contributed by atoms with Gasteiger partial charge in [0.1, 0.15) is 17.3 Å². The summed E-state index contributed by atoms with van der Waals surface area (Å²) in [5, 5.41) is 5.91. The van der Waals surface area contributed by atoms with Crippen LogP contribution in [-0.4, -0.2) is 27.0 Å². The third-order valence-corrected chi connectivity index (χ3v) is 3.54. The summed E-state index contributed by atoms with van der Waals surface area (Å²) in [6, 6.07) is 13.1. The molecule has 27 heavy (non-hydrogen) atoms. The normalized spacial score (nSPS) is 10.5. The molecule has 0 saturated heterocycles. The van der Waals surface area contributed by atoms with Crippen LogP contribution in [0.5, 0.6) is 5.75 Å². The first-order valence-electron chi connectivity index (χ1n) is 8.64. The number of carbonyl (C=O) groups excluding carboxylic acids is 1. The van der Waals surface area contributed by atoms with Gasteiger partial charge in [-0.15, -0.1) is 0 Å². The van der Waals surface area contributed by atoms with Crippen molar-refractivity contribution in [2.45, 2.75) is 26.5 Å². The Bertz CT molecular complexity index is 865. The summed E-state index contributed by atoms with van der Waals surface area (Å²) in [5.41, 5.74) is 1.88. The van der Waals surface area contributed by atoms with E-state index in [1.165, 1.54) is 12.4 Å². The van der Waals surface area contributed by atoms with Crippen molar-refractivity contribution in [2.24, 2.45) is 0 Å². The smallest absolute Gasteiger partial charge is 0.271 e. The second-order valence-electron chi connectivity index (χ2n) is 6.11. The van der Waals surface area contributed by atoms with Crippen molar-refractivity contribution in [1.29, 1.82) is 0 Å². The molecule has 7 nitrogen and oxygen atoms in total. The minimum absolute atomic E-state index is 0.131. The van der Waals surface area contributed by atoms with Crippen LogP contribution in [0.15, 0.2) is 61.1 Å². The van der Waals surface area contributed by atoms with Gasteiger partial charge in [-0.3, -0.25) is 9.78 Å². The van der Waals surface area contributed by atoms with Gasteiger partial charge in [-0.1, -0.05) is 6.07 Å². The lowest BCUT2D eigenvalue weighted by atomic mass is 10.3. The van der Waals surface area contributed by atoms with Crippen LogP contribution in [0.4, 0.5) is 11.5 Å². The fourth-order valence-electron chi connectivity index (χ4n) is 2.31. The Labute approximate surface area is 157 Å². The van der Waals surface area contributed by atoms with Crippen LogP contribution >= 0.6 is 0 Å². The van der Waals surface area contributed by atoms with Crippen LogP contribution < -0.4 is 15.4 Å². The van der Waals surface area contributed by atoms with Crippen LogP contribution in [0.2, 0.25) is 0 Å². The number of hydrogen-bond acceptors (Lipinski definition) is 6. The molecule has 3 aromatic rings. The number of carbonyl (C=O) groups is 1. The van der Waals surface area contributed by atoms with Gasteiger partial charge in [-0.2, -0.15) is 0 Å². The van der Waals surface area contributed by atoms with Gasteiger partial charge in [0.25, 0.3) is 5.91 Å². The minimum atomic E-state index is -0.296. The van der Waals surface area contributed by atoms with E-state index in [1.54, 1.807) is 6.20 Å². The molecule has 0 fully saturated rings. The Morgan fingerprint density at radius 1 is 1.04 bits per heavy atom. The number of hydrogen-bond donors (Lipinski definition) is 2. The number of aromatic nitrogens is 3. The van der Waals surface area contributed by atoms with E-state index in [-0.39, 0.29) is 17.7 Å². The number of nitrogens with zero attached hydrogens (tertiary/aromatic N) is 3. The first kappa shape index (κ1) is 18.3. The number of anilines is 2. The molecule has 0 radical (unpaired) electrons. The maximum absolute atomic E-state index is 12.1. The fourth-order valence-corrected chi connectivity index (χ4v) is 2.31. The number of amides is 1. The zero-order valence-corrected chi connectivity index (χ0v) is 15.2. The van der Waals surface area contributed by atoms with Crippen molar-refractivity contribution in [3.63, 3.8) is 0 Å². The summed E-state index contributed by atoms with van der Waals surface area (Å²) < 4.78 is 5.61. The van der Waals surface area contributed by atoms with Gasteiger partial charge in [0.2, 0.25) is 0 Å². The molecule has 0 aliphatic carbocycles. The molecule has 0 spiro atoms. The summed E-state index contributed by atoms with van der Waals surface area (Å²) in [4.78, 5) is 24.7. The Morgan fingerprint density at radius 3 is 2.48 bits per heavy atom. The molecular formula is C20H21N5O2. The second kappa shape index (κ2) is 8.75. The Hall–Kier alpha value is -3.48. The molecule has 0 bridgehead atoms. The molecule has 2 heterocycles. The van der Waals surface area contributed by atoms with Crippen molar-refractivity contribution in [3.05, 3.63) is 72.4 Å². The zero-order chi connectivity index (χ0) is 19.1. The van der Waals surface area contributed by atoms with E-state index in [0.29, 0.717) is 12.4 Å². The van der Waals surface area contributed by atoms with Gasteiger partial charge in [-0.25, -0.2) is 9.97 Å². The molecule has 0 unspecified atom stereocenters. The first-order valence-corrected chi connectivity index (χ1v) is 8.64. The highest BCUT2D eigenvalue weighted by Crippen LogP contribution is 2.19. The van der Waals surface area contributed by atoms with Crippen LogP contribution in [-0.2, 0) is 6.54 Å². The number of ether oxygens (including phenoxy) is 1. The minimum Gasteiger partial charge on any atom is -0.491 e. The molecule has 7 heteroatoms. The quantitative estimate of drug-likeness (QED) is 0.669. The summed E-state index contributed by atoms with van der Waals surface area (Å²) in [5.74, 6) is 1.06. The largest absolute Gasteiger partial charge is 0.491 e. The van der Waals surface area contributed by atoms with Gasteiger partial charge in [0.15, 0.2) is 0 Å². The summed E-state index contributed by atoms with van der Waals surface area (Å²) in [7, 11) is 0. The average molecular weight is 363 g/mol. The molecule has 1 aromatic carbocycles. The van der Waals surface area contributed by atoms with Crippen molar-refractivity contribution in [2.75, 3.05) is 5.32 Å². The van der Waals surface area contributed by atoms with Gasteiger partial charge >= 0.3 is 0 Å². The zero-order valence-electron chi connectivity index (χ0n) is 15.2. The van der Waals surface area contributed by atoms with Crippen molar-refractivity contribution < 1.29 is 9.53 Å². The SMILES string of the molecule is CC(C)Oc1ccc(Nc2cnc(C(=O)NCc3ccccn3)cn2)cc1. The predicted octanol–water partition coefficient (Wildman–Crippen LogP) is 3.33. The Kier molecular flexibility index (Phi) is 5.94. The fraction of sp³-hybridized carbons (Fsp3) is 0.200. The molecule has 1 amide bonds. The van der Waals surface area contributed by atoms with Gasteiger partial charge in [-0.05, 0) is 50.2 Å². The van der Waals surface area contributed by atoms with E-state index in [0.717, 1.165) is 17.1 Å². The number of pyridine rings is 1. The molecule has 0 aliphatic rings. The highest BCUT2D eigenvalue weighted by atomic mass is 16.5. The molecule has 0 aliphatic heterocycles. The van der Waals surface area contributed by atoms with Crippen molar-refractivity contribution in [1.82, 2.24) is 20.3 Å². The van der Waals surface area contributed by atoms with Crippen molar-refractivity contribution >= 4 is 17.4 Å². The summed E-state index contributed by atoms with van der Waals surface area (Å²) in [6.45, 7) is 4.30. The van der Waals surface area contributed by atoms with E-state index >= 15 is 0 Å². The molecule has 3 rings (SSSR count).